The normalized spacial score (nSPS) is 11.0. The number of para-hydroxylation sites is 1. The first kappa shape index (κ1) is 16.5. The number of rotatable bonds is 4. The first-order valence-electron chi connectivity index (χ1n) is 7.35. The zero-order chi connectivity index (χ0) is 17.0. The molecule has 0 aliphatic rings. The van der Waals surface area contributed by atoms with Crippen molar-refractivity contribution >= 4 is 11.9 Å². The first-order valence-corrected chi connectivity index (χ1v) is 7.35. The topological polar surface area (TPSA) is 50.1 Å². The van der Waals surface area contributed by atoms with Gasteiger partial charge in [0.1, 0.15) is 17.4 Å². The summed E-state index contributed by atoms with van der Waals surface area (Å²) in [6.07, 6.45) is 1.65. The Balaban J connectivity index is 2.50. The average Bonchev–Trinajstić information content (AvgIpc) is 2.56. The van der Waals surface area contributed by atoms with E-state index in [1.54, 1.807) is 30.3 Å². The number of ketones is 1. The molecule has 0 bridgehead atoms. The summed E-state index contributed by atoms with van der Waals surface area (Å²) in [5, 5.41) is 9.42. The van der Waals surface area contributed by atoms with Crippen molar-refractivity contribution in [1.82, 2.24) is 0 Å². The predicted octanol–water partition coefficient (Wildman–Crippen LogP) is 4.41. The molecule has 0 heterocycles. The lowest BCUT2D eigenvalue weighted by atomic mass is 9.96. The van der Waals surface area contributed by atoms with Crippen molar-refractivity contribution in [3.8, 4) is 11.8 Å². The highest BCUT2D eigenvalue weighted by Gasteiger charge is 2.16. The molecule has 23 heavy (non-hydrogen) atoms. The highest BCUT2D eigenvalue weighted by atomic mass is 16.5. The molecule has 0 saturated heterocycles. The summed E-state index contributed by atoms with van der Waals surface area (Å²) < 4.78 is 5.21. The van der Waals surface area contributed by atoms with Gasteiger partial charge in [-0.2, -0.15) is 5.26 Å². The number of carbonyl (C=O) groups excluding carboxylic acids is 1. The van der Waals surface area contributed by atoms with Crippen molar-refractivity contribution in [1.29, 1.82) is 5.26 Å². The van der Waals surface area contributed by atoms with Gasteiger partial charge in [-0.1, -0.05) is 24.3 Å². The van der Waals surface area contributed by atoms with Gasteiger partial charge in [-0.05, 0) is 61.2 Å². The number of ether oxygens (including phenoxy) is 1. The van der Waals surface area contributed by atoms with Crippen molar-refractivity contribution in [2.45, 2.75) is 20.8 Å². The van der Waals surface area contributed by atoms with Crippen LogP contribution in [0, 0.1) is 32.1 Å². The lowest BCUT2D eigenvalue weighted by Gasteiger charge is -2.08. The fourth-order valence-electron chi connectivity index (χ4n) is 2.42. The van der Waals surface area contributed by atoms with Gasteiger partial charge >= 0.3 is 0 Å². The van der Waals surface area contributed by atoms with Gasteiger partial charge in [0.15, 0.2) is 0 Å². The molecule has 2 aromatic rings. The van der Waals surface area contributed by atoms with Crippen LogP contribution in [0.4, 0.5) is 0 Å². The number of carbonyl (C=O) groups is 1. The second-order valence-corrected chi connectivity index (χ2v) is 5.49. The Bertz CT molecular complexity index is 826. The number of hydrogen-bond donors (Lipinski definition) is 0. The maximum Gasteiger partial charge on any atom is 0.207 e. The van der Waals surface area contributed by atoms with Gasteiger partial charge in [0.05, 0.1) is 12.7 Å². The Morgan fingerprint density at radius 1 is 1.09 bits per heavy atom. The Labute approximate surface area is 136 Å². The molecule has 0 atom stereocenters. The third-order valence-corrected chi connectivity index (χ3v) is 3.90. The third kappa shape index (κ3) is 3.49. The molecule has 3 heteroatoms. The number of nitriles is 1. The Morgan fingerprint density at radius 3 is 2.39 bits per heavy atom. The number of benzene rings is 2. The molecule has 0 aliphatic carbocycles. The molecular weight excluding hydrogens is 286 g/mol. The van der Waals surface area contributed by atoms with Crippen LogP contribution in [0.2, 0.25) is 0 Å². The monoisotopic (exact) mass is 305 g/mol. The number of methoxy groups -OCH3 is 1. The van der Waals surface area contributed by atoms with Gasteiger partial charge in [0.2, 0.25) is 5.78 Å². The molecule has 0 radical (unpaired) electrons. The number of nitrogens with zero attached hydrogens (tertiary/aromatic N) is 1. The van der Waals surface area contributed by atoms with Crippen molar-refractivity contribution in [2.75, 3.05) is 7.11 Å². The maximum absolute atomic E-state index is 12.7. The van der Waals surface area contributed by atoms with Crippen molar-refractivity contribution in [3.63, 3.8) is 0 Å². The van der Waals surface area contributed by atoms with Crippen LogP contribution < -0.4 is 4.74 Å². The highest BCUT2D eigenvalue weighted by Crippen LogP contribution is 2.23. The van der Waals surface area contributed by atoms with E-state index in [9.17, 15) is 10.1 Å². The van der Waals surface area contributed by atoms with Gasteiger partial charge in [-0.25, -0.2) is 0 Å². The summed E-state index contributed by atoms with van der Waals surface area (Å²) in [5.74, 6) is 0.137. The zero-order valence-corrected chi connectivity index (χ0v) is 13.8. The van der Waals surface area contributed by atoms with Crippen LogP contribution in [0.1, 0.15) is 32.6 Å². The summed E-state index contributed by atoms with van der Waals surface area (Å²) in [6, 6.07) is 13.0. The largest absolute Gasteiger partial charge is 0.496 e. The maximum atomic E-state index is 12.7. The van der Waals surface area contributed by atoms with Crippen molar-refractivity contribution in [2.24, 2.45) is 0 Å². The van der Waals surface area contributed by atoms with E-state index in [1.165, 1.54) is 12.7 Å². The molecule has 0 saturated carbocycles. The molecule has 0 fully saturated rings. The molecule has 0 N–H and O–H groups in total. The lowest BCUT2D eigenvalue weighted by Crippen LogP contribution is -2.04. The second kappa shape index (κ2) is 6.93. The molecule has 2 rings (SSSR count). The summed E-state index contributed by atoms with van der Waals surface area (Å²) >= 11 is 0. The second-order valence-electron chi connectivity index (χ2n) is 5.49. The molecule has 0 aliphatic heterocycles. The van der Waals surface area contributed by atoms with E-state index in [1.807, 2.05) is 32.9 Å². The molecular formula is C20H19NO2. The smallest absolute Gasteiger partial charge is 0.207 e. The van der Waals surface area contributed by atoms with Crippen LogP contribution in [-0.4, -0.2) is 12.9 Å². The Kier molecular flexibility index (Phi) is 4.98. The van der Waals surface area contributed by atoms with Gasteiger partial charge in [0, 0.05) is 0 Å². The fraction of sp³-hybridized carbons (Fsp3) is 0.200. The van der Waals surface area contributed by atoms with E-state index in [0.29, 0.717) is 11.3 Å². The summed E-state index contributed by atoms with van der Waals surface area (Å²) in [6.45, 7) is 6.03. The minimum atomic E-state index is -0.331. The van der Waals surface area contributed by atoms with Gasteiger partial charge in [-0.3, -0.25) is 4.79 Å². The highest BCUT2D eigenvalue weighted by molar-refractivity contribution is 6.15. The fourth-order valence-corrected chi connectivity index (χ4v) is 2.42. The SMILES string of the molecule is COc1ccccc1C(=O)/C(C#N)=C/c1cc(C)c(C)cc1C. The van der Waals surface area contributed by atoms with Crippen LogP contribution in [0.3, 0.4) is 0 Å². The summed E-state index contributed by atoms with van der Waals surface area (Å²) in [5.41, 5.74) is 4.73. The molecule has 0 spiro atoms. The number of hydrogen-bond acceptors (Lipinski definition) is 3. The number of aryl methyl sites for hydroxylation is 3. The van der Waals surface area contributed by atoms with E-state index in [4.69, 9.17) is 4.74 Å². The van der Waals surface area contributed by atoms with Gasteiger partial charge in [0.25, 0.3) is 0 Å². The van der Waals surface area contributed by atoms with E-state index in [2.05, 4.69) is 6.07 Å². The summed E-state index contributed by atoms with van der Waals surface area (Å²) in [7, 11) is 1.51. The number of allylic oxidation sites excluding steroid dienone is 1. The molecule has 0 unspecified atom stereocenters. The van der Waals surface area contributed by atoms with Gasteiger partial charge < -0.3 is 4.74 Å². The van der Waals surface area contributed by atoms with Crippen LogP contribution in [0.25, 0.3) is 6.08 Å². The predicted molar refractivity (Wildman–Crippen MR) is 91.6 cm³/mol. The third-order valence-electron chi connectivity index (χ3n) is 3.90. The van der Waals surface area contributed by atoms with Crippen LogP contribution >= 0.6 is 0 Å². The quantitative estimate of drug-likeness (QED) is 0.477. The van der Waals surface area contributed by atoms with E-state index in [-0.39, 0.29) is 11.4 Å². The standard InChI is InChI=1S/C20H19NO2/c1-13-9-15(3)16(10-14(13)2)11-17(12-21)20(22)18-7-5-6-8-19(18)23-4/h5-11H,1-4H3/b17-11+. The van der Waals surface area contributed by atoms with Crippen LogP contribution in [0.5, 0.6) is 5.75 Å². The lowest BCUT2D eigenvalue weighted by molar-refractivity contribution is 0.103. The van der Waals surface area contributed by atoms with Gasteiger partial charge in [-0.15, -0.1) is 0 Å². The van der Waals surface area contributed by atoms with Crippen molar-refractivity contribution < 1.29 is 9.53 Å². The summed E-state index contributed by atoms with van der Waals surface area (Å²) in [4.78, 5) is 12.7. The van der Waals surface area contributed by atoms with E-state index in [0.717, 1.165) is 16.7 Å². The minimum Gasteiger partial charge on any atom is -0.496 e. The van der Waals surface area contributed by atoms with E-state index < -0.39 is 0 Å². The van der Waals surface area contributed by atoms with Crippen LogP contribution in [0.15, 0.2) is 42.0 Å². The zero-order valence-electron chi connectivity index (χ0n) is 13.8. The average molecular weight is 305 g/mol. The molecule has 2 aromatic carbocycles. The first-order chi connectivity index (χ1) is 11.0. The molecule has 0 aromatic heterocycles. The van der Waals surface area contributed by atoms with Crippen LogP contribution in [-0.2, 0) is 0 Å². The Morgan fingerprint density at radius 2 is 1.74 bits per heavy atom. The number of Topliss-reactive ketones (excluding diaryl/α,β-unsaturated/α-hetero) is 1. The molecule has 116 valence electrons. The Hall–Kier alpha value is -2.86. The minimum absolute atomic E-state index is 0.0980. The van der Waals surface area contributed by atoms with E-state index >= 15 is 0 Å². The molecule has 0 amide bonds. The molecule has 3 nitrogen and oxygen atoms in total. The van der Waals surface area contributed by atoms with Crippen molar-refractivity contribution in [3.05, 3.63) is 69.8 Å².